The first-order chi connectivity index (χ1) is 12.7. The summed E-state index contributed by atoms with van der Waals surface area (Å²) in [5, 5.41) is 11.9. The van der Waals surface area contributed by atoms with Crippen molar-refractivity contribution in [1.29, 1.82) is 0 Å². The SMILES string of the molecule is CCC(C)[C@H](NC(=O)C1CCN(S(=O)(=O)c2ccc(C)cc2)CC1)C(=O)O. The molecule has 1 aliphatic rings. The number of hydrogen-bond acceptors (Lipinski definition) is 4. The second kappa shape index (κ2) is 8.84. The highest BCUT2D eigenvalue weighted by atomic mass is 32.2. The lowest BCUT2D eigenvalue weighted by Gasteiger charge is -2.31. The van der Waals surface area contributed by atoms with Crippen molar-refractivity contribution in [1.82, 2.24) is 9.62 Å². The number of carbonyl (C=O) groups is 2. The van der Waals surface area contributed by atoms with Crippen LogP contribution < -0.4 is 5.32 Å². The van der Waals surface area contributed by atoms with Crippen molar-refractivity contribution in [2.75, 3.05) is 13.1 Å². The van der Waals surface area contributed by atoms with Gasteiger partial charge < -0.3 is 10.4 Å². The third-order valence-electron chi connectivity index (χ3n) is 5.26. The first-order valence-electron chi connectivity index (χ1n) is 9.26. The van der Waals surface area contributed by atoms with Gasteiger partial charge in [-0.15, -0.1) is 0 Å². The summed E-state index contributed by atoms with van der Waals surface area (Å²) in [6.45, 7) is 6.05. The quantitative estimate of drug-likeness (QED) is 0.734. The number of nitrogens with zero attached hydrogens (tertiary/aromatic N) is 1. The predicted molar refractivity (Wildman–Crippen MR) is 102 cm³/mol. The van der Waals surface area contributed by atoms with Crippen molar-refractivity contribution in [3.63, 3.8) is 0 Å². The monoisotopic (exact) mass is 396 g/mol. The first-order valence-corrected chi connectivity index (χ1v) is 10.7. The molecule has 1 amide bonds. The van der Waals surface area contributed by atoms with Crippen molar-refractivity contribution >= 4 is 21.9 Å². The molecule has 0 spiro atoms. The van der Waals surface area contributed by atoms with E-state index in [4.69, 9.17) is 0 Å². The van der Waals surface area contributed by atoms with Gasteiger partial charge in [0.05, 0.1) is 4.90 Å². The van der Waals surface area contributed by atoms with Crippen LogP contribution in [0, 0.1) is 18.8 Å². The van der Waals surface area contributed by atoms with Crippen LogP contribution in [0.2, 0.25) is 0 Å². The minimum atomic E-state index is -3.57. The number of benzene rings is 1. The van der Waals surface area contributed by atoms with E-state index in [-0.39, 0.29) is 35.7 Å². The minimum Gasteiger partial charge on any atom is -0.480 e. The van der Waals surface area contributed by atoms with Crippen molar-refractivity contribution < 1.29 is 23.1 Å². The van der Waals surface area contributed by atoms with Gasteiger partial charge in [0.1, 0.15) is 6.04 Å². The second-order valence-corrected chi connectivity index (χ2v) is 9.14. The molecule has 1 saturated heterocycles. The maximum absolute atomic E-state index is 12.7. The lowest BCUT2D eigenvalue weighted by molar-refractivity contribution is -0.144. The number of carbonyl (C=O) groups excluding carboxylic acids is 1. The molecule has 1 unspecified atom stereocenters. The van der Waals surface area contributed by atoms with E-state index < -0.39 is 22.0 Å². The molecule has 0 aromatic heterocycles. The Morgan fingerprint density at radius 3 is 2.26 bits per heavy atom. The fourth-order valence-electron chi connectivity index (χ4n) is 3.17. The van der Waals surface area contributed by atoms with E-state index >= 15 is 0 Å². The number of amides is 1. The maximum Gasteiger partial charge on any atom is 0.326 e. The summed E-state index contributed by atoms with van der Waals surface area (Å²) in [4.78, 5) is 24.1. The van der Waals surface area contributed by atoms with Crippen molar-refractivity contribution in [2.45, 2.75) is 51.0 Å². The van der Waals surface area contributed by atoms with Crippen LogP contribution in [-0.2, 0) is 19.6 Å². The van der Waals surface area contributed by atoms with Gasteiger partial charge in [0.2, 0.25) is 15.9 Å². The molecule has 7 nitrogen and oxygen atoms in total. The third kappa shape index (κ3) is 5.07. The molecule has 8 heteroatoms. The molecule has 0 saturated carbocycles. The summed E-state index contributed by atoms with van der Waals surface area (Å²) in [5.74, 6) is -1.90. The average molecular weight is 397 g/mol. The summed E-state index contributed by atoms with van der Waals surface area (Å²) in [6.07, 6.45) is 1.40. The Labute approximate surface area is 160 Å². The molecule has 150 valence electrons. The fourth-order valence-corrected chi connectivity index (χ4v) is 4.64. The molecule has 1 aliphatic heterocycles. The highest BCUT2D eigenvalue weighted by Gasteiger charge is 2.34. The Morgan fingerprint density at radius 1 is 1.22 bits per heavy atom. The Bertz CT molecular complexity index is 768. The summed E-state index contributed by atoms with van der Waals surface area (Å²) in [7, 11) is -3.57. The fraction of sp³-hybridized carbons (Fsp3) is 0.579. The number of sulfonamides is 1. The van der Waals surface area contributed by atoms with Gasteiger partial charge in [-0.2, -0.15) is 4.31 Å². The van der Waals surface area contributed by atoms with Crippen molar-refractivity contribution in [2.24, 2.45) is 11.8 Å². The molecule has 27 heavy (non-hydrogen) atoms. The summed E-state index contributed by atoms with van der Waals surface area (Å²) >= 11 is 0. The molecule has 2 N–H and O–H groups in total. The Hall–Kier alpha value is -1.93. The first kappa shape index (κ1) is 21.4. The zero-order valence-corrected chi connectivity index (χ0v) is 16.8. The molecule has 2 rings (SSSR count). The lowest BCUT2D eigenvalue weighted by atomic mass is 9.94. The van der Waals surface area contributed by atoms with Crippen LogP contribution in [0.5, 0.6) is 0 Å². The van der Waals surface area contributed by atoms with Crippen LogP contribution in [0.15, 0.2) is 29.2 Å². The number of aryl methyl sites for hydroxylation is 1. The van der Waals surface area contributed by atoms with Gasteiger partial charge in [-0.25, -0.2) is 13.2 Å². The molecular formula is C19H28N2O5S. The molecule has 0 radical (unpaired) electrons. The zero-order valence-electron chi connectivity index (χ0n) is 16.0. The predicted octanol–water partition coefficient (Wildman–Crippen LogP) is 2.01. The standard InChI is InChI=1S/C19H28N2O5S/c1-4-14(3)17(19(23)24)20-18(22)15-9-11-21(12-10-15)27(25,26)16-7-5-13(2)6-8-16/h5-8,14-15,17H,4,9-12H2,1-3H3,(H,20,22)(H,23,24)/t14?,17-/m0/s1. The number of carboxylic acids is 1. The highest BCUT2D eigenvalue weighted by Crippen LogP contribution is 2.24. The normalized spacial score (nSPS) is 18.6. The van der Waals surface area contributed by atoms with Crippen LogP contribution in [-0.4, -0.2) is 48.8 Å². The molecular weight excluding hydrogens is 368 g/mol. The van der Waals surface area contributed by atoms with E-state index in [9.17, 15) is 23.1 Å². The Morgan fingerprint density at radius 2 is 1.78 bits per heavy atom. The molecule has 2 atom stereocenters. The van der Waals surface area contributed by atoms with E-state index in [2.05, 4.69) is 5.32 Å². The van der Waals surface area contributed by atoms with Crippen LogP contribution >= 0.6 is 0 Å². The molecule has 1 fully saturated rings. The van der Waals surface area contributed by atoms with E-state index in [0.717, 1.165) is 5.56 Å². The number of rotatable bonds is 7. The number of carboxylic acid groups (broad SMARTS) is 1. The van der Waals surface area contributed by atoms with E-state index in [1.807, 2.05) is 13.8 Å². The largest absolute Gasteiger partial charge is 0.480 e. The molecule has 1 heterocycles. The zero-order chi connectivity index (χ0) is 20.2. The summed E-state index contributed by atoms with van der Waals surface area (Å²) in [5.41, 5.74) is 0.985. The maximum atomic E-state index is 12.7. The van der Waals surface area contributed by atoms with Crippen LogP contribution in [0.3, 0.4) is 0 Å². The Balaban J connectivity index is 1.99. The summed E-state index contributed by atoms with van der Waals surface area (Å²) < 4.78 is 26.8. The second-order valence-electron chi connectivity index (χ2n) is 7.20. The average Bonchev–Trinajstić information content (AvgIpc) is 2.65. The van der Waals surface area contributed by atoms with Gasteiger partial charge in [-0.1, -0.05) is 38.0 Å². The van der Waals surface area contributed by atoms with Gasteiger partial charge in [0.15, 0.2) is 0 Å². The van der Waals surface area contributed by atoms with Gasteiger partial charge >= 0.3 is 5.97 Å². The molecule has 1 aromatic carbocycles. The molecule has 0 aliphatic carbocycles. The van der Waals surface area contributed by atoms with Crippen LogP contribution in [0.4, 0.5) is 0 Å². The number of nitrogens with one attached hydrogen (secondary N) is 1. The number of piperidine rings is 1. The van der Waals surface area contributed by atoms with Gasteiger partial charge in [0, 0.05) is 19.0 Å². The van der Waals surface area contributed by atoms with Crippen molar-refractivity contribution in [3.05, 3.63) is 29.8 Å². The topological polar surface area (TPSA) is 104 Å². The molecule has 0 bridgehead atoms. The lowest BCUT2D eigenvalue weighted by Crippen LogP contribution is -2.49. The van der Waals surface area contributed by atoms with Gasteiger partial charge in [-0.05, 0) is 37.8 Å². The van der Waals surface area contributed by atoms with Gasteiger partial charge in [-0.3, -0.25) is 4.79 Å². The van der Waals surface area contributed by atoms with E-state index in [1.165, 1.54) is 4.31 Å². The minimum absolute atomic E-state index is 0.173. The van der Waals surface area contributed by atoms with Gasteiger partial charge in [0.25, 0.3) is 0 Å². The summed E-state index contributed by atoms with van der Waals surface area (Å²) in [6, 6.07) is 5.78. The third-order valence-corrected chi connectivity index (χ3v) is 7.17. The van der Waals surface area contributed by atoms with Crippen LogP contribution in [0.25, 0.3) is 0 Å². The number of aliphatic carboxylic acids is 1. The van der Waals surface area contributed by atoms with E-state index in [1.54, 1.807) is 31.2 Å². The Kier molecular flexibility index (Phi) is 7.00. The molecule has 1 aromatic rings. The smallest absolute Gasteiger partial charge is 0.326 e. The van der Waals surface area contributed by atoms with E-state index in [0.29, 0.717) is 19.3 Å². The number of hydrogen-bond donors (Lipinski definition) is 2. The highest BCUT2D eigenvalue weighted by molar-refractivity contribution is 7.89. The van der Waals surface area contributed by atoms with Crippen LogP contribution in [0.1, 0.15) is 38.7 Å². The van der Waals surface area contributed by atoms with Crippen molar-refractivity contribution in [3.8, 4) is 0 Å².